The number of benzene rings is 2. The Morgan fingerprint density at radius 1 is 1.00 bits per heavy atom. The van der Waals surface area contributed by atoms with Gasteiger partial charge in [0, 0.05) is 11.1 Å². The Hall–Kier alpha value is -2.62. The first kappa shape index (κ1) is 14.8. The van der Waals surface area contributed by atoms with Crippen molar-refractivity contribution in [3.63, 3.8) is 0 Å². The van der Waals surface area contributed by atoms with Gasteiger partial charge < -0.3 is 10.2 Å². The maximum Gasteiger partial charge on any atom is 0.339 e. The molecule has 0 aromatic heterocycles. The third-order valence-corrected chi connectivity index (χ3v) is 3.24. The number of carbonyl (C=O) groups excluding carboxylic acids is 1. The van der Waals surface area contributed by atoms with E-state index in [1.54, 1.807) is 12.1 Å². The monoisotopic (exact) mass is 284 g/mol. The fourth-order valence-corrected chi connectivity index (χ4v) is 2.13. The summed E-state index contributed by atoms with van der Waals surface area (Å²) >= 11 is 0. The minimum atomic E-state index is -1.26. The molecule has 2 N–H and O–H groups in total. The lowest BCUT2D eigenvalue weighted by molar-refractivity contribution is 0.0693. The third-order valence-electron chi connectivity index (χ3n) is 3.24. The molecule has 2 aromatic rings. The van der Waals surface area contributed by atoms with E-state index in [0.717, 1.165) is 18.4 Å². The van der Waals surface area contributed by atoms with Crippen LogP contribution in [-0.4, -0.2) is 22.0 Å². The molecule has 108 valence electrons. The third kappa shape index (κ3) is 3.28. The first-order valence-electron chi connectivity index (χ1n) is 6.73. The van der Waals surface area contributed by atoms with Gasteiger partial charge in [-0.2, -0.15) is 0 Å². The van der Waals surface area contributed by atoms with Crippen molar-refractivity contribution in [1.82, 2.24) is 0 Å². The zero-order valence-corrected chi connectivity index (χ0v) is 11.7. The van der Waals surface area contributed by atoms with Crippen molar-refractivity contribution < 1.29 is 19.8 Å². The van der Waals surface area contributed by atoms with Crippen LogP contribution in [-0.2, 0) is 6.42 Å². The number of carboxylic acid groups (broad SMARTS) is 1. The van der Waals surface area contributed by atoms with Gasteiger partial charge in [-0.25, -0.2) is 4.79 Å². The average Bonchev–Trinajstić information content (AvgIpc) is 2.48. The summed E-state index contributed by atoms with van der Waals surface area (Å²) in [6, 6.07) is 11.1. The van der Waals surface area contributed by atoms with E-state index in [0.29, 0.717) is 5.56 Å². The van der Waals surface area contributed by atoms with Crippen LogP contribution in [0.5, 0.6) is 5.75 Å². The number of hydrogen-bond acceptors (Lipinski definition) is 3. The maximum atomic E-state index is 12.3. The van der Waals surface area contributed by atoms with Gasteiger partial charge in [0.25, 0.3) is 0 Å². The summed E-state index contributed by atoms with van der Waals surface area (Å²) in [6.07, 6.45) is 1.99. The van der Waals surface area contributed by atoms with E-state index in [4.69, 9.17) is 5.11 Å². The highest BCUT2D eigenvalue weighted by molar-refractivity contribution is 6.10. The molecule has 0 amide bonds. The molecule has 0 aliphatic rings. The van der Waals surface area contributed by atoms with Crippen LogP contribution < -0.4 is 0 Å². The van der Waals surface area contributed by atoms with Crippen molar-refractivity contribution in [1.29, 1.82) is 0 Å². The van der Waals surface area contributed by atoms with E-state index >= 15 is 0 Å². The van der Waals surface area contributed by atoms with Gasteiger partial charge in [-0.05, 0) is 30.2 Å². The second-order valence-electron chi connectivity index (χ2n) is 4.81. The molecular weight excluding hydrogens is 268 g/mol. The summed E-state index contributed by atoms with van der Waals surface area (Å²) in [5.41, 5.74) is 1.62. The molecule has 0 saturated heterocycles. The molecule has 2 rings (SSSR count). The molecule has 0 radical (unpaired) electrons. The number of aromatic carboxylic acids is 1. The zero-order valence-electron chi connectivity index (χ0n) is 11.7. The van der Waals surface area contributed by atoms with Crippen LogP contribution in [0, 0.1) is 0 Å². The lowest BCUT2D eigenvalue weighted by Crippen LogP contribution is -2.05. The van der Waals surface area contributed by atoms with Crippen molar-refractivity contribution >= 4 is 11.8 Å². The molecule has 0 aliphatic carbocycles. The zero-order chi connectivity index (χ0) is 15.4. The van der Waals surface area contributed by atoms with Gasteiger partial charge in [0.1, 0.15) is 11.3 Å². The van der Waals surface area contributed by atoms with Gasteiger partial charge in [0.15, 0.2) is 5.78 Å². The Morgan fingerprint density at radius 3 is 2.19 bits per heavy atom. The molecule has 4 nitrogen and oxygen atoms in total. The number of ketones is 1. The second kappa shape index (κ2) is 6.22. The minimum absolute atomic E-state index is 0.244. The summed E-state index contributed by atoms with van der Waals surface area (Å²) in [7, 11) is 0. The van der Waals surface area contributed by atoms with Crippen molar-refractivity contribution in [2.75, 3.05) is 0 Å². The Bertz CT molecular complexity index is 672. The van der Waals surface area contributed by atoms with Crippen LogP contribution in [0.2, 0.25) is 0 Å². The number of rotatable bonds is 5. The molecular formula is C17H16O4. The molecule has 0 heterocycles. The molecule has 4 heteroatoms. The Kier molecular flexibility index (Phi) is 4.38. The van der Waals surface area contributed by atoms with Crippen LogP contribution in [0.1, 0.15) is 45.2 Å². The quantitative estimate of drug-likeness (QED) is 0.826. The topological polar surface area (TPSA) is 74.6 Å². The van der Waals surface area contributed by atoms with Gasteiger partial charge in [0.2, 0.25) is 0 Å². The highest BCUT2D eigenvalue weighted by Crippen LogP contribution is 2.20. The molecule has 0 saturated carbocycles. The highest BCUT2D eigenvalue weighted by Gasteiger charge is 2.15. The Labute approximate surface area is 122 Å². The number of hydrogen-bond donors (Lipinski definition) is 2. The van der Waals surface area contributed by atoms with Gasteiger partial charge in [-0.3, -0.25) is 4.79 Å². The number of phenols is 1. The maximum absolute atomic E-state index is 12.3. The standard InChI is InChI=1S/C17H16O4/c1-2-3-11-4-6-12(7-5-11)16(19)13-8-9-15(18)14(10-13)17(20)21/h4-10,18H,2-3H2,1H3,(H,20,21). The largest absolute Gasteiger partial charge is 0.507 e. The number of aryl methyl sites for hydroxylation is 1. The molecule has 2 aromatic carbocycles. The predicted octanol–water partition coefficient (Wildman–Crippen LogP) is 3.27. The SMILES string of the molecule is CCCc1ccc(C(=O)c2ccc(O)c(C(=O)O)c2)cc1. The Balaban J connectivity index is 2.31. The van der Waals surface area contributed by atoms with Crippen LogP contribution in [0.4, 0.5) is 0 Å². The number of carboxylic acids is 1. The van der Waals surface area contributed by atoms with Crippen LogP contribution in [0.25, 0.3) is 0 Å². The van der Waals surface area contributed by atoms with Gasteiger partial charge >= 0.3 is 5.97 Å². The fourth-order valence-electron chi connectivity index (χ4n) is 2.13. The van der Waals surface area contributed by atoms with Gasteiger partial charge in [-0.15, -0.1) is 0 Å². The summed E-state index contributed by atoms with van der Waals surface area (Å²) in [5, 5.41) is 18.4. The van der Waals surface area contributed by atoms with E-state index in [-0.39, 0.29) is 22.7 Å². The lowest BCUT2D eigenvalue weighted by atomic mass is 9.99. The van der Waals surface area contributed by atoms with E-state index in [1.165, 1.54) is 18.2 Å². The normalized spacial score (nSPS) is 10.3. The molecule has 0 atom stereocenters. The molecule has 21 heavy (non-hydrogen) atoms. The summed E-state index contributed by atoms with van der Waals surface area (Å²) < 4.78 is 0. The average molecular weight is 284 g/mol. The van der Waals surface area contributed by atoms with Crippen molar-refractivity contribution in [2.24, 2.45) is 0 Å². The molecule has 0 aliphatic heterocycles. The number of aromatic hydroxyl groups is 1. The van der Waals surface area contributed by atoms with E-state index in [2.05, 4.69) is 6.92 Å². The predicted molar refractivity (Wildman–Crippen MR) is 78.9 cm³/mol. The van der Waals surface area contributed by atoms with E-state index in [9.17, 15) is 14.7 Å². The fraction of sp³-hybridized carbons (Fsp3) is 0.176. The number of carbonyl (C=O) groups is 2. The van der Waals surface area contributed by atoms with Crippen LogP contribution >= 0.6 is 0 Å². The first-order valence-corrected chi connectivity index (χ1v) is 6.73. The molecule has 0 spiro atoms. The van der Waals surface area contributed by atoms with Crippen LogP contribution in [0.15, 0.2) is 42.5 Å². The van der Waals surface area contributed by atoms with E-state index in [1.807, 2.05) is 12.1 Å². The summed E-state index contributed by atoms with van der Waals surface area (Å²) in [5.74, 6) is -1.88. The lowest BCUT2D eigenvalue weighted by Gasteiger charge is -2.05. The van der Waals surface area contributed by atoms with Crippen molar-refractivity contribution in [3.8, 4) is 5.75 Å². The molecule has 0 bridgehead atoms. The first-order chi connectivity index (χ1) is 10.0. The molecule has 0 fully saturated rings. The highest BCUT2D eigenvalue weighted by atomic mass is 16.4. The summed E-state index contributed by atoms with van der Waals surface area (Å²) in [6.45, 7) is 2.09. The minimum Gasteiger partial charge on any atom is -0.507 e. The van der Waals surface area contributed by atoms with Gasteiger partial charge in [0.05, 0.1) is 0 Å². The smallest absolute Gasteiger partial charge is 0.339 e. The van der Waals surface area contributed by atoms with Gasteiger partial charge in [-0.1, -0.05) is 37.6 Å². The van der Waals surface area contributed by atoms with Crippen molar-refractivity contribution in [2.45, 2.75) is 19.8 Å². The van der Waals surface area contributed by atoms with Crippen LogP contribution in [0.3, 0.4) is 0 Å². The Morgan fingerprint density at radius 2 is 1.62 bits per heavy atom. The van der Waals surface area contributed by atoms with E-state index < -0.39 is 5.97 Å². The summed E-state index contributed by atoms with van der Waals surface area (Å²) in [4.78, 5) is 23.3. The molecule has 0 unspecified atom stereocenters. The van der Waals surface area contributed by atoms with Crippen molar-refractivity contribution in [3.05, 3.63) is 64.7 Å². The second-order valence-corrected chi connectivity index (χ2v) is 4.81.